The van der Waals surface area contributed by atoms with Gasteiger partial charge in [-0.3, -0.25) is 4.68 Å². The first-order valence-electron chi connectivity index (χ1n) is 10.7. The predicted octanol–water partition coefficient (Wildman–Crippen LogP) is 3.97. The molecule has 1 aromatic heterocycles. The monoisotopic (exact) mass is 436 g/mol. The van der Waals surface area contributed by atoms with Crippen LogP contribution in [-0.2, 0) is 17.7 Å². The molecule has 168 valence electrons. The Morgan fingerprint density at radius 3 is 2.68 bits per heavy atom. The summed E-state index contributed by atoms with van der Waals surface area (Å²) in [6, 6.07) is 9.15. The number of carbonyl (C=O) groups excluding carboxylic acids is 1. The number of aromatic nitrogens is 2. The van der Waals surface area contributed by atoms with E-state index < -0.39 is 24.2 Å². The number of ether oxygens (including phenoxy) is 1. The number of hydrogen-bond acceptors (Lipinski definition) is 3. The van der Waals surface area contributed by atoms with E-state index in [-0.39, 0.29) is 32.1 Å². The molecule has 2 N–H and O–H groups in total. The largest absolute Gasteiger partial charge is 0.396 e. The molecule has 9 heteroatoms. The second kappa shape index (κ2) is 8.90. The van der Waals surface area contributed by atoms with E-state index >= 15 is 0 Å². The Hall–Kier alpha value is -2.55. The Morgan fingerprint density at radius 1 is 1.23 bits per heavy atom. The van der Waals surface area contributed by atoms with Crippen molar-refractivity contribution in [2.75, 3.05) is 19.8 Å². The normalized spacial score (nSPS) is 20.7. The molecule has 2 aliphatic rings. The molecule has 2 aromatic rings. The van der Waals surface area contributed by atoms with Crippen molar-refractivity contribution in [3.8, 4) is 0 Å². The first-order valence-corrected chi connectivity index (χ1v) is 10.7. The maximum Gasteiger partial charge on any atom is 0.396 e. The van der Waals surface area contributed by atoms with E-state index in [2.05, 4.69) is 15.7 Å². The van der Waals surface area contributed by atoms with Crippen molar-refractivity contribution in [1.82, 2.24) is 20.4 Å². The summed E-state index contributed by atoms with van der Waals surface area (Å²) in [6.45, 7) is 0.300. The summed E-state index contributed by atoms with van der Waals surface area (Å²) in [5.41, 5.74) is 1.21. The third-order valence-corrected chi connectivity index (χ3v) is 6.38. The number of alkyl halides is 3. The van der Waals surface area contributed by atoms with Crippen LogP contribution in [0.4, 0.5) is 18.0 Å². The van der Waals surface area contributed by atoms with Crippen LogP contribution < -0.4 is 10.6 Å². The lowest BCUT2D eigenvalue weighted by Gasteiger charge is -2.38. The highest BCUT2D eigenvalue weighted by molar-refractivity contribution is 5.74. The van der Waals surface area contributed by atoms with E-state index in [1.807, 2.05) is 35.0 Å². The quantitative estimate of drug-likeness (QED) is 0.746. The molecule has 0 radical (unpaired) electrons. The molecule has 6 nitrogen and oxygen atoms in total. The number of fused-ring (bicyclic) bond motifs is 1. The van der Waals surface area contributed by atoms with E-state index in [1.165, 1.54) is 0 Å². The first-order chi connectivity index (χ1) is 14.9. The number of benzene rings is 1. The van der Waals surface area contributed by atoms with E-state index in [4.69, 9.17) is 4.74 Å². The number of urea groups is 1. The van der Waals surface area contributed by atoms with Gasteiger partial charge in [0.15, 0.2) is 0 Å². The molecule has 1 aliphatic heterocycles. The van der Waals surface area contributed by atoms with Gasteiger partial charge in [-0.1, -0.05) is 30.3 Å². The van der Waals surface area contributed by atoms with Crippen LogP contribution in [0.5, 0.6) is 0 Å². The van der Waals surface area contributed by atoms with Crippen molar-refractivity contribution in [2.45, 2.75) is 50.9 Å². The molecule has 0 saturated carbocycles. The number of hydrogen-bond donors (Lipinski definition) is 2. The zero-order valence-corrected chi connectivity index (χ0v) is 17.3. The van der Waals surface area contributed by atoms with Gasteiger partial charge in [0.1, 0.15) is 0 Å². The fourth-order valence-corrected chi connectivity index (χ4v) is 4.44. The first kappa shape index (κ1) is 21.7. The summed E-state index contributed by atoms with van der Waals surface area (Å²) in [7, 11) is 0. The SMILES string of the molecule is O=C(NCC1(C(F)(F)F)CCOCC1)NC1CCCc2c1cnn2Cc1ccccc1. The molecule has 1 fully saturated rings. The van der Waals surface area contributed by atoms with E-state index in [9.17, 15) is 18.0 Å². The fourth-order valence-electron chi connectivity index (χ4n) is 4.44. The number of halogens is 3. The molecule has 1 aromatic carbocycles. The van der Waals surface area contributed by atoms with Gasteiger partial charge in [-0.25, -0.2) is 4.79 Å². The summed E-state index contributed by atoms with van der Waals surface area (Å²) < 4.78 is 48.0. The molecule has 1 aliphatic carbocycles. The molecule has 2 amide bonds. The molecule has 1 unspecified atom stereocenters. The summed E-state index contributed by atoms with van der Waals surface area (Å²) in [5, 5.41) is 9.83. The summed E-state index contributed by atoms with van der Waals surface area (Å²) in [4.78, 5) is 12.5. The van der Waals surface area contributed by atoms with Crippen molar-refractivity contribution in [1.29, 1.82) is 0 Å². The minimum Gasteiger partial charge on any atom is -0.381 e. The zero-order chi connectivity index (χ0) is 21.9. The molecule has 4 rings (SSSR count). The van der Waals surface area contributed by atoms with Gasteiger partial charge in [0.25, 0.3) is 0 Å². The molecule has 2 heterocycles. The second-order valence-electron chi connectivity index (χ2n) is 8.35. The van der Waals surface area contributed by atoms with Crippen molar-refractivity contribution in [3.63, 3.8) is 0 Å². The van der Waals surface area contributed by atoms with Crippen LogP contribution in [-0.4, -0.2) is 41.7 Å². The molecule has 0 bridgehead atoms. The smallest absolute Gasteiger partial charge is 0.381 e. The molecule has 1 atom stereocenters. The maximum atomic E-state index is 13.6. The number of carbonyl (C=O) groups is 1. The molecule has 0 spiro atoms. The Morgan fingerprint density at radius 2 is 1.97 bits per heavy atom. The average molecular weight is 436 g/mol. The predicted molar refractivity (Wildman–Crippen MR) is 109 cm³/mol. The van der Waals surface area contributed by atoms with Gasteiger partial charge in [0.05, 0.1) is 24.2 Å². The molecule has 1 saturated heterocycles. The van der Waals surface area contributed by atoms with Crippen molar-refractivity contribution < 1.29 is 22.7 Å². The standard InChI is InChI=1S/C22H27F3N4O2/c23-22(24,25)21(9-11-31-12-10-21)15-26-20(30)28-18-7-4-8-19-17(18)13-27-29(19)14-16-5-2-1-3-6-16/h1-3,5-6,13,18H,4,7-12,14-15H2,(H2,26,28,30). The minimum absolute atomic E-state index is 0.0510. The van der Waals surface area contributed by atoms with E-state index in [1.54, 1.807) is 6.20 Å². The van der Waals surface area contributed by atoms with Crippen LogP contribution in [0, 0.1) is 5.41 Å². The fraction of sp³-hybridized carbons (Fsp3) is 0.545. The van der Waals surface area contributed by atoms with Crippen LogP contribution >= 0.6 is 0 Å². The average Bonchev–Trinajstić information content (AvgIpc) is 3.17. The summed E-state index contributed by atoms with van der Waals surface area (Å²) >= 11 is 0. The molecule has 31 heavy (non-hydrogen) atoms. The van der Waals surface area contributed by atoms with Crippen LogP contribution in [0.3, 0.4) is 0 Å². The van der Waals surface area contributed by atoms with Crippen LogP contribution in [0.1, 0.15) is 48.5 Å². The topological polar surface area (TPSA) is 68.2 Å². The van der Waals surface area contributed by atoms with Gasteiger partial charge in [-0.15, -0.1) is 0 Å². The van der Waals surface area contributed by atoms with Gasteiger partial charge >= 0.3 is 12.2 Å². The lowest BCUT2D eigenvalue weighted by atomic mass is 9.79. The highest BCUT2D eigenvalue weighted by atomic mass is 19.4. The zero-order valence-electron chi connectivity index (χ0n) is 17.3. The number of nitrogens with zero attached hydrogens (tertiary/aromatic N) is 2. The van der Waals surface area contributed by atoms with Crippen molar-refractivity contribution in [2.24, 2.45) is 5.41 Å². The number of nitrogens with one attached hydrogen (secondary N) is 2. The van der Waals surface area contributed by atoms with Crippen LogP contribution in [0.25, 0.3) is 0 Å². The second-order valence-corrected chi connectivity index (χ2v) is 8.35. The minimum atomic E-state index is -4.39. The highest BCUT2D eigenvalue weighted by Crippen LogP contribution is 2.45. The van der Waals surface area contributed by atoms with Gasteiger partial charge in [0.2, 0.25) is 0 Å². The van der Waals surface area contributed by atoms with Gasteiger partial charge < -0.3 is 15.4 Å². The molecular formula is C22H27F3N4O2. The lowest BCUT2D eigenvalue weighted by molar-refractivity contribution is -0.243. The third-order valence-electron chi connectivity index (χ3n) is 6.38. The third kappa shape index (κ3) is 4.71. The van der Waals surface area contributed by atoms with E-state index in [0.717, 1.165) is 36.1 Å². The Balaban J connectivity index is 1.40. The number of amides is 2. The summed E-state index contributed by atoms with van der Waals surface area (Å²) in [6.07, 6.45) is -0.441. The van der Waals surface area contributed by atoms with Crippen LogP contribution in [0.15, 0.2) is 36.5 Å². The van der Waals surface area contributed by atoms with Gasteiger partial charge in [0, 0.05) is 31.0 Å². The van der Waals surface area contributed by atoms with Crippen molar-refractivity contribution in [3.05, 3.63) is 53.3 Å². The Kier molecular flexibility index (Phi) is 6.22. The highest BCUT2D eigenvalue weighted by Gasteiger charge is 2.55. The van der Waals surface area contributed by atoms with Crippen LogP contribution in [0.2, 0.25) is 0 Å². The Labute approximate surface area is 179 Å². The molecular weight excluding hydrogens is 409 g/mol. The van der Waals surface area contributed by atoms with Crippen molar-refractivity contribution >= 4 is 6.03 Å². The Bertz CT molecular complexity index is 892. The van der Waals surface area contributed by atoms with E-state index in [0.29, 0.717) is 6.54 Å². The van der Waals surface area contributed by atoms with Gasteiger partial charge in [-0.05, 0) is 37.7 Å². The number of rotatable bonds is 5. The van der Waals surface area contributed by atoms with Gasteiger partial charge in [-0.2, -0.15) is 18.3 Å². The maximum absolute atomic E-state index is 13.6. The lowest BCUT2D eigenvalue weighted by Crippen LogP contribution is -2.52. The summed E-state index contributed by atoms with van der Waals surface area (Å²) in [5.74, 6) is 0.